The van der Waals surface area contributed by atoms with E-state index in [0.717, 1.165) is 12.0 Å². The van der Waals surface area contributed by atoms with E-state index in [0.29, 0.717) is 22.6 Å². The SMILES string of the molecule is OC[C@H]1C=C[C@@H](NCc2ccc(Cl)cc2Cl)C1. The molecular weight excluding hydrogens is 257 g/mol. The van der Waals surface area contributed by atoms with Crippen molar-refractivity contribution in [1.82, 2.24) is 5.32 Å². The van der Waals surface area contributed by atoms with Crippen LogP contribution in [0, 0.1) is 5.92 Å². The van der Waals surface area contributed by atoms with Gasteiger partial charge in [0.15, 0.2) is 0 Å². The summed E-state index contributed by atoms with van der Waals surface area (Å²) < 4.78 is 0. The Balaban J connectivity index is 1.88. The summed E-state index contributed by atoms with van der Waals surface area (Å²) in [6.07, 6.45) is 5.10. The third-order valence-corrected chi connectivity index (χ3v) is 3.56. The van der Waals surface area contributed by atoms with Gasteiger partial charge in [0, 0.05) is 35.2 Å². The van der Waals surface area contributed by atoms with Crippen LogP contribution in [0.3, 0.4) is 0 Å². The van der Waals surface area contributed by atoms with Crippen LogP contribution in [-0.2, 0) is 6.54 Å². The van der Waals surface area contributed by atoms with Gasteiger partial charge in [-0.05, 0) is 24.1 Å². The highest BCUT2D eigenvalue weighted by Crippen LogP contribution is 2.22. The van der Waals surface area contributed by atoms with E-state index in [4.69, 9.17) is 28.3 Å². The van der Waals surface area contributed by atoms with E-state index >= 15 is 0 Å². The Morgan fingerprint density at radius 3 is 2.76 bits per heavy atom. The second kappa shape index (κ2) is 5.87. The molecule has 2 rings (SSSR count). The molecule has 0 amide bonds. The average Bonchev–Trinajstić information content (AvgIpc) is 2.76. The molecule has 0 aliphatic heterocycles. The zero-order valence-corrected chi connectivity index (χ0v) is 10.9. The van der Waals surface area contributed by atoms with Gasteiger partial charge in [0.1, 0.15) is 0 Å². The minimum atomic E-state index is 0.219. The average molecular weight is 272 g/mol. The molecule has 2 N–H and O–H groups in total. The van der Waals surface area contributed by atoms with E-state index in [1.807, 2.05) is 12.1 Å². The number of hydrogen-bond acceptors (Lipinski definition) is 2. The van der Waals surface area contributed by atoms with Gasteiger partial charge in [-0.1, -0.05) is 41.4 Å². The molecule has 0 bridgehead atoms. The molecule has 0 saturated heterocycles. The number of hydrogen-bond donors (Lipinski definition) is 2. The van der Waals surface area contributed by atoms with Crippen molar-refractivity contribution in [2.75, 3.05) is 6.61 Å². The molecule has 4 heteroatoms. The van der Waals surface area contributed by atoms with Crippen molar-refractivity contribution in [3.8, 4) is 0 Å². The largest absolute Gasteiger partial charge is 0.396 e. The van der Waals surface area contributed by atoms with Gasteiger partial charge in [-0.15, -0.1) is 0 Å². The first-order valence-corrected chi connectivity index (χ1v) is 6.41. The van der Waals surface area contributed by atoms with E-state index in [1.165, 1.54) is 0 Å². The van der Waals surface area contributed by atoms with Gasteiger partial charge in [-0.25, -0.2) is 0 Å². The number of aliphatic hydroxyl groups is 1. The molecule has 1 aliphatic carbocycles. The molecular formula is C13H15Cl2NO. The lowest BCUT2D eigenvalue weighted by molar-refractivity contribution is 0.246. The monoisotopic (exact) mass is 271 g/mol. The normalized spacial score (nSPS) is 23.2. The lowest BCUT2D eigenvalue weighted by Gasteiger charge is -2.13. The van der Waals surface area contributed by atoms with Crippen molar-refractivity contribution in [2.45, 2.75) is 19.0 Å². The van der Waals surface area contributed by atoms with Crippen molar-refractivity contribution >= 4 is 23.2 Å². The van der Waals surface area contributed by atoms with Crippen LogP contribution in [0.1, 0.15) is 12.0 Å². The smallest absolute Gasteiger partial charge is 0.0494 e. The summed E-state index contributed by atoms with van der Waals surface area (Å²) in [5.41, 5.74) is 1.04. The maximum atomic E-state index is 9.03. The topological polar surface area (TPSA) is 32.3 Å². The standard InChI is InChI=1S/C13H15Cl2NO/c14-11-3-2-10(13(15)6-11)7-16-12-4-1-9(5-12)8-17/h1-4,6,9,12,16-17H,5,7-8H2/t9-,12+/m0/s1. The molecule has 1 aliphatic rings. The lowest BCUT2D eigenvalue weighted by atomic mass is 10.1. The van der Waals surface area contributed by atoms with Gasteiger partial charge in [0.2, 0.25) is 0 Å². The fourth-order valence-electron chi connectivity index (χ4n) is 1.97. The molecule has 0 aromatic heterocycles. The predicted molar refractivity (Wildman–Crippen MR) is 71.4 cm³/mol. The second-order valence-corrected chi connectivity index (χ2v) is 5.13. The third kappa shape index (κ3) is 3.46. The molecule has 0 fully saturated rings. The lowest BCUT2D eigenvalue weighted by Crippen LogP contribution is -2.26. The predicted octanol–water partition coefficient (Wildman–Crippen LogP) is 3.02. The Hall–Kier alpha value is -0.540. The molecule has 1 aromatic carbocycles. The number of nitrogens with one attached hydrogen (secondary N) is 1. The maximum Gasteiger partial charge on any atom is 0.0494 e. The van der Waals surface area contributed by atoms with Crippen LogP contribution in [-0.4, -0.2) is 17.8 Å². The number of halogens is 2. The Morgan fingerprint density at radius 1 is 1.29 bits per heavy atom. The molecule has 2 atom stereocenters. The molecule has 2 nitrogen and oxygen atoms in total. The van der Waals surface area contributed by atoms with Crippen molar-refractivity contribution in [3.05, 3.63) is 46.0 Å². The fraction of sp³-hybridized carbons (Fsp3) is 0.385. The van der Waals surface area contributed by atoms with Gasteiger partial charge in [0.25, 0.3) is 0 Å². The Morgan fingerprint density at radius 2 is 2.12 bits per heavy atom. The van der Waals surface area contributed by atoms with E-state index in [-0.39, 0.29) is 12.5 Å². The van der Waals surface area contributed by atoms with Crippen LogP contribution in [0.25, 0.3) is 0 Å². The second-order valence-electron chi connectivity index (χ2n) is 4.29. The third-order valence-electron chi connectivity index (χ3n) is 2.98. The Kier molecular flexibility index (Phi) is 4.46. The summed E-state index contributed by atoms with van der Waals surface area (Å²) in [6.45, 7) is 0.930. The van der Waals surface area contributed by atoms with E-state index in [2.05, 4.69) is 17.5 Å². The summed E-state index contributed by atoms with van der Waals surface area (Å²) in [6, 6.07) is 5.84. The van der Waals surface area contributed by atoms with Crippen molar-refractivity contribution in [1.29, 1.82) is 0 Å². The minimum Gasteiger partial charge on any atom is -0.396 e. The summed E-state index contributed by atoms with van der Waals surface area (Å²) >= 11 is 11.9. The first kappa shape index (κ1) is 12.9. The van der Waals surface area contributed by atoms with Crippen molar-refractivity contribution < 1.29 is 5.11 Å². The van der Waals surface area contributed by atoms with Crippen molar-refractivity contribution in [3.63, 3.8) is 0 Å². The Bertz CT molecular complexity index is 420. The van der Waals surface area contributed by atoms with Crippen LogP contribution in [0.4, 0.5) is 0 Å². The summed E-state index contributed by atoms with van der Waals surface area (Å²) in [5, 5.41) is 13.8. The summed E-state index contributed by atoms with van der Waals surface area (Å²) in [7, 11) is 0. The molecule has 17 heavy (non-hydrogen) atoms. The highest BCUT2D eigenvalue weighted by Gasteiger charge is 2.17. The maximum absolute atomic E-state index is 9.03. The van der Waals surface area contributed by atoms with Crippen LogP contribution in [0.5, 0.6) is 0 Å². The van der Waals surface area contributed by atoms with Gasteiger partial charge < -0.3 is 10.4 Å². The molecule has 1 aromatic rings. The van der Waals surface area contributed by atoms with Gasteiger partial charge >= 0.3 is 0 Å². The van der Waals surface area contributed by atoms with Gasteiger partial charge in [-0.2, -0.15) is 0 Å². The highest BCUT2D eigenvalue weighted by atomic mass is 35.5. The Labute approximate surface area is 111 Å². The van der Waals surface area contributed by atoms with Gasteiger partial charge in [0.05, 0.1) is 0 Å². The summed E-state index contributed by atoms with van der Waals surface area (Å²) in [5.74, 6) is 0.285. The van der Waals surface area contributed by atoms with Crippen LogP contribution in [0.2, 0.25) is 10.0 Å². The number of benzene rings is 1. The van der Waals surface area contributed by atoms with Crippen molar-refractivity contribution in [2.24, 2.45) is 5.92 Å². The fourth-order valence-corrected chi connectivity index (χ4v) is 2.44. The van der Waals surface area contributed by atoms with E-state index < -0.39 is 0 Å². The summed E-state index contributed by atoms with van der Waals surface area (Å²) in [4.78, 5) is 0. The molecule has 0 heterocycles. The number of aliphatic hydroxyl groups excluding tert-OH is 1. The van der Waals surface area contributed by atoms with Crippen LogP contribution in [0.15, 0.2) is 30.4 Å². The van der Waals surface area contributed by atoms with E-state index in [9.17, 15) is 0 Å². The molecule has 0 saturated carbocycles. The molecule has 0 unspecified atom stereocenters. The molecule has 0 radical (unpaired) electrons. The number of rotatable bonds is 4. The molecule has 92 valence electrons. The first-order chi connectivity index (χ1) is 8.19. The quantitative estimate of drug-likeness (QED) is 0.826. The van der Waals surface area contributed by atoms with Crippen LogP contribution < -0.4 is 5.32 Å². The minimum absolute atomic E-state index is 0.219. The molecule has 0 spiro atoms. The van der Waals surface area contributed by atoms with Gasteiger partial charge in [-0.3, -0.25) is 0 Å². The van der Waals surface area contributed by atoms with Crippen LogP contribution >= 0.6 is 23.2 Å². The zero-order chi connectivity index (χ0) is 12.3. The highest BCUT2D eigenvalue weighted by molar-refractivity contribution is 6.35. The first-order valence-electron chi connectivity index (χ1n) is 5.65. The zero-order valence-electron chi connectivity index (χ0n) is 9.37. The van der Waals surface area contributed by atoms with E-state index in [1.54, 1.807) is 6.07 Å².